The molecule has 0 saturated heterocycles. The SMILES string of the molecule is C[Si](C)(C)c1ccc(-c2[c-]cccc2)nc1.[2H]C([2H])(c1ccnc(-c2[c-]ccc3c2sc2cc(-c4ccc([Si](C)(C)C)cc4)ccc23)c1)C(C)(C)C.[Ir]. The standard InChI is InChI=1S/C31H32NSSi.C14H16NSi.Ir/c1-31(2,3)20-21-16-17-32-28(18-21)27-9-7-8-26-25-15-12-23(19-29(25)33-30(26)27)22-10-13-24(14-11-22)34(4,5)6;1-16(2,3)13-9-10-14(15-11-13)12-7-5-4-6-8-12;/h7-8,10-19H,20H2,1-6H3;4-7,9-11H,1-3H3;/q2*-1;/i20D2;;. The normalized spacial score (nSPS) is 12.8. The van der Waals surface area contributed by atoms with Crippen LogP contribution >= 0.6 is 11.3 Å². The van der Waals surface area contributed by atoms with Gasteiger partial charge in [0.1, 0.15) is 0 Å². The van der Waals surface area contributed by atoms with E-state index in [4.69, 9.17) is 2.74 Å². The van der Waals surface area contributed by atoms with Crippen LogP contribution in [0.15, 0.2) is 116 Å². The van der Waals surface area contributed by atoms with Gasteiger partial charge < -0.3 is 9.97 Å². The summed E-state index contributed by atoms with van der Waals surface area (Å²) in [5.41, 5.74) is 6.34. The molecule has 2 nitrogen and oxygen atoms in total. The Hall–Kier alpha value is -3.52. The molecule has 0 saturated carbocycles. The zero-order valence-electron chi connectivity index (χ0n) is 33.1. The zero-order chi connectivity index (χ0) is 37.5. The Labute approximate surface area is 327 Å². The fraction of sp³-hybridized carbons (Fsp3) is 0.244. The van der Waals surface area contributed by atoms with E-state index in [0.29, 0.717) is 5.56 Å². The number of pyridine rings is 2. The van der Waals surface area contributed by atoms with Gasteiger partial charge in [-0.3, -0.25) is 0 Å². The summed E-state index contributed by atoms with van der Waals surface area (Å²) in [4.78, 5) is 9.15. The van der Waals surface area contributed by atoms with Crippen LogP contribution in [0.1, 0.15) is 29.1 Å². The Kier molecular flexibility index (Phi) is 11.0. The number of rotatable bonds is 6. The summed E-state index contributed by atoms with van der Waals surface area (Å²) < 4.78 is 19.8. The van der Waals surface area contributed by atoms with Gasteiger partial charge in [0.2, 0.25) is 0 Å². The van der Waals surface area contributed by atoms with Crippen molar-refractivity contribution < 1.29 is 22.8 Å². The minimum atomic E-state index is -1.47. The summed E-state index contributed by atoms with van der Waals surface area (Å²) in [6.07, 6.45) is 2.26. The van der Waals surface area contributed by atoms with Crippen molar-refractivity contribution in [1.82, 2.24) is 9.97 Å². The van der Waals surface area contributed by atoms with Crippen molar-refractivity contribution in [1.29, 1.82) is 0 Å². The Balaban J connectivity index is 0.000000267. The van der Waals surface area contributed by atoms with Crippen LogP contribution in [-0.2, 0) is 26.5 Å². The van der Waals surface area contributed by atoms with Crippen LogP contribution in [0.4, 0.5) is 0 Å². The number of benzene rings is 4. The minimum absolute atomic E-state index is 0. The summed E-state index contributed by atoms with van der Waals surface area (Å²) in [6.45, 7) is 19.9. The topological polar surface area (TPSA) is 25.8 Å². The number of hydrogen-bond acceptors (Lipinski definition) is 3. The first kappa shape index (κ1) is 35.9. The molecule has 7 aromatic rings. The zero-order valence-corrected chi connectivity index (χ0v) is 36.3. The van der Waals surface area contributed by atoms with Crippen molar-refractivity contribution in [2.45, 2.75) is 66.4 Å². The Morgan fingerprint density at radius 1 is 0.686 bits per heavy atom. The van der Waals surface area contributed by atoms with Crippen LogP contribution in [0.2, 0.25) is 39.3 Å². The molecule has 0 N–H and O–H groups in total. The molecule has 3 heterocycles. The predicted octanol–water partition coefficient (Wildman–Crippen LogP) is 11.8. The van der Waals surface area contributed by atoms with Crippen LogP contribution in [0.25, 0.3) is 53.8 Å². The number of nitrogens with zero attached hydrogens (tertiary/aromatic N) is 2. The molecule has 0 fully saturated rings. The van der Waals surface area contributed by atoms with Gasteiger partial charge >= 0.3 is 0 Å². The molecule has 1 radical (unpaired) electrons. The van der Waals surface area contributed by atoms with E-state index in [1.165, 1.54) is 37.0 Å². The van der Waals surface area contributed by atoms with Gasteiger partial charge in [-0.2, -0.15) is 11.3 Å². The fourth-order valence-corrected chi connectivity index (χ4v) is 9.35. The third-order valence-electron chi connectivity index (χ3n) is 8.67. The number of aromatic nitrogens is 2. The van der Waals surface area contributed by atoms with Crippen LogP contribution in [0, 0.1) is 17.5 Å². The van der Waals surface area contributed by atoms with Crippen molar-refractivity contribution in [2.75, 3.05) is 0 Å². The van der Waals surface area contributed by atoms with E-state index < -0.39 is 27.9 Å². The Morgan fingerprint density at radius 3 is 2.02 bits per heavy atom. The van der Waals surface area contributed by atoms with Crippen molar-refractivity contribution in [3.05, 3.63) is 133 Å². The Bertz CT molecular complexity index is 2320. The number of fused-ring (bicyclic) bond motifs is 3. The molecular weight excluding hydrogens is 849 g/mol. The molecule has 51 heavy (non-hydrogen) atoms. The minimum Gasteiger partial charge on any atom is -0.305 e. The summed E-state index contributed by atoms with van der Waals surface area (Å²) in [7, 11) is -2.55. The summed E-state index contributed by atoms with van der Waals surface area (Å²) >= 11 is 1.76. The maximum Gasteiger partial charge on any atom is 0.0795 e. The van der Waals surface area contributed by atoms with Gasteiger partial charge in [-0.1, -0.05) is 131 Å². The van der Waals surface area contributed by atoms with Crippen molar-refractivity contribution in [3.63, 3.8) is 0 Å². The average Bonchev–Trinajstić information content (AvgIpc) is 3.49. The molecule has 7 rings (SSSR count). The van der Waals surface area contributed by atoms with Gasteiger partial charge in [0.05, 0.1) is 16.1 Å². The molecule has 0 atom stereocenters. The van der Waals surface area contributed by atoms with E-state index in [1.54, 1.807) is 23.6 Å². The van der Waals surface area contributed by atoms with Crippen LogP contribution in [0.3, 0.4) is 0 Å². The van der Waals surface area contributed by atoms with E-state index in [9.17, 15) is 0 Å². The van der Waals surface area contributed by atoms with E-state index >= 15 is 0 Å². The average molecular weight is 899 g/mol. The van der Waals surface area contributed by atoms with Gasteiger partial charge in [0.15, 0.2) is 0 Å². The second kappa shape index (κ2) is 15.6. The molecular formula is C45H48IrN2SSi2-2. The number of hydrogen-bond donors (Lipinski definition) is 0. The molecule has 4 aromatic carbocycles. The van der Waals surface area contributed by atoms with Crippen LogP contribution in [0.5, 0.6) is 0 Å². The largest absolute Gasteiger partial charge is 0.305 e. The van der Waals surface area contributed by atoms with Crippen molar-refractivity contribution in [3.8, 4) is 33.6 Å². The molecule has 263 valence electrons. The molecule has 0 unspecified atom stereocenters. The van der Waals surface area contributed by atoms with Crippen molar-refractivity contribution >= 4 is 58.0 Å². The second-order valence-electron chi connectivity index (χ2n) is 16.0. The van der Waals surface area contributed by atoms with E-state index in [1.807, 2.05) is 63.4 Å². The molecule has 3 aromatic heterocycles. The summed E-state index contributed by atoms with van der Waals surface area (Å²) in [6, 6.07) is 42.4. The van der Waals surface area contributed by atoms with Gasteiger partial charge in [-0.15, -0.1) is 59.7 Å². The van der Waals surface area contributed by atoms with Gasteiger partial charge in [-0.25, -0.2) is 0 Å². The molecule has 0 amide bonds. The number of thiophene rings is 1. The first-order valence-corrected chi connectivity index (χ1v) is 25.1. The van der Waals surface area contributed by atoms with E-state index in [-0.39, 0.29) is 20.1 Å². The van der Waals surface area contributed by atoms with Crippen LogP contribution < -0.4 is 10.4 Å². The quantitative estimate of drug-likeness (QED) is 0.123. The molecule has 6 heteroatoms. The molecule has 0 aliphatic rings. The maximum atomic E-state index is 8.71. The molecule has 0 spiro atoms. The molecule has 0 aliphatic carbocycles. The van der Waals surface area contributed by atoms with Gasteiger partial charge in [0.25, 0.3) is 0 Å². The molecule has 0 aliphatic heterocycles. The smallest absolute Gasteiger partial charge is 0.0795 e. The van der Waals surface area contributed by atoms with Crippen molar-refractivity contribution in [2.24, 2.45) is 5.41 Å². The third kappa shape index (κ3) is 9.48. The van der Waals surface area contributed by atoms with Crippen LogP contribution in [-0.4, -0.2) is 26.1 Å². The fourth-order valence-electron chi connectivity index (χ4n) is 5.90. The Morgan fingerprint density at radius 2 is 1.39 bits per heavy atom. The summed E-state index contributed by atoms with van der Waals surface area (Å²) in [5, 5.41) is 5.29. The first-order valence-electron chi connectivity index (χ1n) is 18.3. The van der Waals surface area contributed by atoms with Gasteiger partial charge in [0, 0.05) is 39.9 Å². The predicted molar refractivity (Wildman–Crippen MR) is 224 cm³/mol. The summed E-state index contributed by atoms with van der Waals surface area (Å²) in [5.74, 6) is 0. The van der Waals surface area contributed by atoms with E-state index in [2.05, 4.69) is 122 Å². The second-order valence-corrected chi connectivity index (χ2v) is 27.2. The first-order chi connectivity index (χ1) is 24.4. The van der Waals surface area contributed by atoms with Gasteiger partial charge in [-0.05, 0) is 61.7 Å². The third-order valence-corrected chi connectivity index (χ3v) is 13.9. The maximum absolute atomic E-state index is 8.71. The molecule has 0 bridgehead atoms. The van der Waals surface area contributed by atoms with E-state index in [0.717, 1.165) is 27.2 Å². The monoisotopic (exact) mass is 899 g/mol.